The van der Waals surface area contributed by atoms with Crippen LogP contribution in [0.2, 0.25) is 0 Å². The minimum atomic E-state index is 0.349. The van der Waals surface area contributed by atoms with Crippen molar-refractivity contribution >= 4 is 5.69 Å². The second-order valence-electron chi connectivity index (χ2n) is 5.14. The Kier molecular flexibility index (Phi) is 5.95. The highest BCUT2D eigenvalue weighted by atomic mass is 16.5. The van der Waals surface area contributed by atoms with E-state index in [1.165, 1.54) is 0 Å². The summed E-state index contributed by atoms with van der Waals surface area (Å²) in [5, 5.41) is 9.50. The van der Waals surface area contributed by atoms with Gasteiger partial charge in [-0.15, -0.1) is 0 Å². The average molecular weight is 311 g/mol. The van der Waals surface area contributed by atoms with Crippen LogP contribution < -0.4 is 9.64 Å². The molecule has 2 aromatic rings. The van der Waals surface area contributed by atoms with Gasteiger partial charge in [-0.3, -0.25) is 0 Å². The Morgan fingerprint density at radius 2 is 1.87 bits per heavy atom. The molecular formula is C18H21N3O2. The monoisotopic (exact) mass is 311 g/mol. The van der Waals surface area contributed by atoms with E-state index < -0.39 is 0 Å². The molecule has 1 aromatic heterocycles. The van der Waals surface area contributed by atoms with Gasteiger partial charge in [0.05, 0.1) is 6.61 Å². The number of hydrogen-bond donors (Lipinski definition) is 0. The predicted molar refractivity (Wildman–Crippen MR) is 90.7 cm³/mol. The first kappa shape index (κ1) is 16.8. The standard InChI is InChI=1S/C18H21N3O2/c1-4-22-11-12-23-18-17(13-19)16(9-10-20-18)14-5-7-15(8-6-14)21(2)3/h5-10H,4,11-12H2,1-3H3. The van der Waals surface area contributed by atoms with Gasteiger partial charge in [-0.1, -0.05) is 12.1 Å². The second kappa shape index (κ2) is 8.16. The summed E-state index contributed by atoms with van der Waals surface area (Å²) in [6.45, 7) is 3.42. The van der Waals surface area contributed by atoms with Crippen molar-refractivity contribution in [3.05, 3.63) is 42.1 Å². The number of benzene rings is 1. The third-order valence-corrected chi connectivity index (χ3v) is 3.39. The molecule has 1 aromatic carbocycles. The Hall–Kier alpha value is -2.58. The van der Waals surface area contributed by atoms with E-state index in [4.69, 9.17) is 9.47 Å². The van der Waals surface area contributed by atoms with Crippen LogP contribution in [0.1, 0.15) is 12.5 Å². The molecule has 5 nitrogen and oxygen atoms in total. The van der Waals surface area contributed by atoms with Crippen LogP contribution in [-0.2, 0) is 4.74 Å². The van der Waals surface area contributed by atoms with Crippen molar-refractivity contribution in [2.45, 2.75) is 6.92 Å². The van der Waals surface area contributed by atoms with Crippen molar-refractivity contribution in [1.29, 1.82) is 5.26 Å². The van der Waals surface area contributed by atoms with Crippen LogP contribution in [0.3, 0.4) is 0 Å². The summed E-state index contributed by atoms with van der Waals surface area (Å²) in [6, 6.07) is 12.1. The maximum Gasteiger partial charge on any atom is 0.232 e. The van der Waals surface area contributed by atoms with Gasteiger partial charge in [0.25, 0.3) is 0 Å². The van der Waals surface area contributed by atoms with Gasteiger partial charge in [0.15, 0.2) is 0 Å². The van der Waals surface area contributed by atoms with Crippen molar-refractivity contribution in [2.24, 2.45) is 0 Å². The fourth-order valence-corrected chi connectivity index (χ4v) is 2.18. The molecule has 0 N–H and O–H groups in total. The van der Waals surface area contributed by atoms with Gasteiger partial charge in [0, 0.05) is 38.1 Å². The lowest BCUT2D eigenvalue weighted by atomic mass is 10.0. The molecule has 0 fully saturated rings. The number of aromatic nitrogens is 1. The number of nitriles is 1. The molecule has 0 atom stereocenters. The highest BCUT2D eigenvalue weighted by molar-refractivity contribution is 5.73. The molecule has 0 radical (unpaired) electrons. The normalized spacial score (nSPS) is 10.2. The molecule has 2 rings (SSSR count). The zero-order valence-corrected chi connectivity index (χ0v) is 13.7. The molecule has 0 unspecified atom stereocenters. The Morgan fingerprint density at radius 3 is 2.48 bits per heavy atom. The van der Waals surface area contributed by atoms with Gasteiger partial charge < -0.3 is 14.4 Å². The van der Waals surface area contributed by atoms with Crippen LogP contribution in [0.5, 0.6) is 5.88 Å². The van der Waals surface area contributed by atoms with E-state index in [2.05, 4.69) is 11.1 Å². The van der Waals surface area contributed by atoms with Gasteiger partial charge in [-0.2, -0.15) is 5.26 Å². The van der Waals surface area contributed by atoms with Crippen molar-refractivity contribution in [3.8, 4) is 23.1 Å². The first-order valence-corrected chi connectivity index (χ1v) is 7.54. The number of pyridine rings is 1. The van der Waals surface area contributed by atoms with Crippen molar-refractivity contribution < 1.29 is 9.47 Å². The van der Waals surface area contributed by atoms with Crippen LogP contribution in [0.15, 0.2) is 36.5 Å². The minimum absolute atomic E-state index is 0.349. The Labute approximate surface area is 137 Å². The van der Waals surface area contributed by atoms with Gasteiger partial charge in [0.2, 0.25) is 5.88 Å². The zero-order valence-electron chi connectivity index (χ0n) is 13.7. The summed E-state index contributed by atoms with van der Waals surface area (Å²) in [4.78, 5) is 6.20. The Bertz CT molecular complexity index is 676. The lowest BCUT2D eigenvalue weighted by molar-refractivity contribution is 0.108. The quantitative estimate of drug-likeness (QED) is 0.735. The summed E-state index contributed by atoms with van der Waals surface area (Å²) in [7, 11) is 3.99. The Balaban J connectivity index is 2.26. The lowest BCUT2D eigenvalue weighted by Crippen LogP contribution is -2.09. The molecular weight excluding hydrogens is 290 g/mol. The minimum Gasteiger partial charge on any atom is -0.474 e. The second-order valence-corrected chi connectivity index (χ2v) is 5.14. The third kappa shape index (κ3) is 4.21. The van der Waals surface area contributed by atoms with Gasteiger partial charge in [0.1, 0.15) is 18.2 Å². The van der Waals surface area contributed by atoms with E-state index in [1.54, 1.807) is 6.20 Å². The fraction of sp³-hybridized carbons (Fsp3) is 0.333. The van der Waals surface area contributed by atoms with E-state index >= 15 is 0 Å². The molecule has 0 aliphatic carbocycles. The third-order valence-electron chi connectivity index (χ3n) is 3.39. The zero-order chi connectivity index (χ0) is 16.7. The van der Waals surface area contributed by atoms with Crippen molar-refractivity contribution in [1.82, 2.24) is 4.98 Å². The molecule has 5 heteroatoms. The first-order chi connectivity index (χ1) is 11.2. The fourth-order valence-electron chi connectivity index (χ4n) is 2.18. The maximum atomic E-state index is 9.50. The SMILES string of the molecule is CCOCCOc1nccc(-c2ccc(N(C)C)cc2)c1C#N. The Morgan fingerprint density at radius 1 is 1.13 bits per heavy atom. The lowest BCUT2D eigenvalue weighted by Gasteiger charge is -2.14. The van der Waals surface area contributed by atoms with Gasteiger partial charge in [-0.05, 0) is 30.7 Å². The first-order valence-electron chi connectivity index (χ1n) is 7.54. The van der Waals surface area contributed by atoms with Crippen LogP contribution in [0.4, 0.5) is 5.69 Å². The van der Waals surface area contributed by atoms with Crippen molar-refractivity contribution in [2.75, 3.05) is 38.8 Å². The van der Waals surface area contributed by atoms with Gasteiger partial charge in [-0.25, -0.2) is 4.98 Å². The molecule has 0 aliphatic heterocycles. The molecule has 0 amide bonds. The maximum absolute atomic E-state index is 9.50. The smallest absolute Gasteiger partial charge is 0.232 e. The van der Waals surface area contributed by atoms with E-state index in [0.717, 1.165) is 16.8 Å². The summed E-state index contributed by atoms with van der Waals surface area (Å²) in [5.41, 5.74) is 3.33. The number of hydrogen-bond acceptors (Lipinski definition) is 5. The average Bonchev–Trinajstić information content (AvgIpc) is 2.58. The van der Waals surface area contributed by atoms with E-state index in [9.17, 15) is 5.26 Å². The van der Waals surface area contributed by atoms with Crippen LogP contribution in [-0.4, -0.2) is 38.9 Å². The molecule has 0 bridgehead atoms. The molecule has 0 spiro atoms. The molecule has 0 aliphatic rings. The van der Waals surface area contributed by atoms with E-state index in [1.807, 2.05) is 56.3 Å². The van der Waals surface area contributed by atoms with Gasteiger partial charge >= 0.3 is 0 Å². The molecule has 120 valence electrons. The van der Waals surface area contributed by atoms with Crippen LogP contribution >= 0.6 is 0 Å². The number of rotatable bonds is 7. The molecule has 23 heavy (non-hydrogen) atoms. The number of anilines is 1. The van der Waals surface area contributed by atoms with Crippen LogP contribution in [0.25, 0.3) is 11.1 Å². The highest BCUT2D eigenvalue weighted by Gasteiger charge is 2.12. The van der Waals surface area contributed by atoms with Crippen molar-refractivity contribution in [3.63, 3.8) is 0 Å². The number of ether oxygens (including phenoxy) is 2. The molecule has 0 saturated heterocycles. The summed E-state index contributed by atoms with van der Waals surface area (Å²) in [5.74, 6) is 0.349. The molecule has 0 saturated carbocycles. The summed E-state index contributed by atoms with van der Waals surface area (Å²) >= 11 is 0. The highest BCUT2D eigenvalue weighted by Crippen LogP contribution is 2.29. The summed E-state index contributed by atoms with van der Waals surface area (Å²) < 4.78 is 10.8. The largest absolute Gasteiger partial charge is 0.474 e. The van der Waals surface area contributed by atoms with E-state index in [-0.39, 0.29) is 0 Å². The predicted octanol–water partition coefficient (Wildman–Crippen LogP) is 3.10. The number of nitrogens with zero attached hydrogens (tertiary/aromatic N) is 3. The van der Waals surface area contributed by atoms with Crippen LogP contribution in [0, 0.1) is 11.3 Å². The van der Waals surface area contributed by atoms with E-state index in [0.29, 0.717) is 31.3 Å². The summed E-state index contributed by atoms with van der Waals surface area (Å²) in [6.07, 6.45) is 1.66. The topological polar surface area (TPSA) is 58.4 Å². The molecule has 1 heterocycles.